The quantitative estimate of drug-likeness (QED) is 0.564. The number of non-ortho nitro benzene ring substituents is 1. The van der Waals surface area contributed by atoms with E-state index in [4.69, 9.17) is 11.6 Å². The molecule has 3 aromatic rings. The summed E-state index contributed by atoms with van der Waals surface area (Å²) in [4.78, 5) is 24.7. The first-order chi connectivity index (χ1) is 11.0. The number of hydrogen-bond acceptors (Lipinski definition) is 4. The van der Waals surface area contributed by atoms with E-state index in [1.54, 1.807) is 6.07 Å². The number of hydrogen-bond donors (Lipinski definition) is 2. The third-order valence-corrected chi connectivity index (χ3v) is 3.78. The molecular weight excluding hydrogens is 318 g/mol. The van der Waals surface area contributed by atoms with Crippen LogP contribution < -0.4 is 10.9 Å². The fraction of sp³-hybridized carbons (Fsp3) is 0.0625. The number of nitro groups is 1. The summed E-state index contributed by atoms with van der Waals surface area (Å²) in [5, 5.41) is 15.0. The number of benzene rings is 2. The molecule has 6 nitrogen and oxygen atoms in total. The summed E-state index contributed by atoms with van der Waals surface area (Å²) >= 11 is 6.05. The van der Waals surface area contributed by atoms with Crippen LogP contribution in [-0.2, 0) is 6.54 Å². The molecule has 2 aromatic carbocycles. The average Bonchev–Trinajstić information content (AvgIpc) is 2.53. The second-order valence-electron chi connectivity index (χ2n) is 4.98. The Bertz CT molecular complexity index is 953. The minimum atomic E-state index is -0.500. The van der Waals surface area contributed by atoms with E-state index in [-0.39, 0.29) is 16.3 Å². The molecule has 0 atom stereocenters. The molecule has 0 saturated carbocycles. The van der Waals surface area contributed by atoms with Gasteiger partial charge in [-0.2, -0.15) is 0 Å². The van der Waals surface area contributed by atoms with Crippen LogP contribution in [0.15, 0.2) is 53.3 Å². The van der Waals surface area contributed by atoms with Gasteiger partial charge in [0.2, 0.25) is 5.56 Å². The predicted molar refractivity (Wildman–Crippen MR) is 90.0 cm³/mol. The number of anilines is 1. The van der Waals surface area contributed by atoms with Crippen molar-refractivity contribution in [3.05, 3.63) is 79.6 Å². The number of aromatic amines is 1. The van der Waals surface area contributed by atoms with Gasteiger partial charge < -0.3 is 10.3 Å². The molecule has 3 rings (SSSR count). The summed E-state index contributed by atoms with van der Waals surface area (Å²) in [7, 11) is 0. The lowest BCUT2D eigenvalue weighted by atomic mass is 10.1. The van der Waals surface area contributed by atoms with Crippen LogP contribution in [0.3, 0.4) is 0 Å². The fourth-order valence-electron chi connectivity index (χ4n) is 2.37. The zero-order valence-corrected chi connectivity index (χ0v) is 12.6. The maximum atomic E-state index is 11.7. The Hall–Kier alpha value is -2.86. The smallest absolute Gasteiger partial charge is 0.271 e. The first-order valence-corrected chi connectivity index (χ1v) is 7.21. The zero-order valence-electron chi connectivity index (χ0n) is 11.9. The summed E-state index contributed by atoms with van der Waals surface area (Å²) in [5.41, 5.74) is 1.89. The highest BCUT2D eigenvalue weighted by Crippen LogP contribution is 2.27. The minimum absolute atomic E-state index is 0.0674. The Labute approximate surface area is 135 Å². The van der Waals surface area contributed by atoms with Gasteiger partial charge in [-0.25, -0.2) is 0 Å². The molecule has 1 aromatic heterocycles. The molecule has 0 radical (unpaired) electrons. The van der Waals surface area contributed by atoms with Crippen LogP contribution in [0.4, 0.5) is 11.4 Å². The third-order valence-electron chi connectivity index (χ3n) is 3.47. The van der Waals surface area contributed by atoms with E-state index in [1.165, 1.54) is 18.2 Å². The summed E-state index contributed by atoms with van der Waals surface area (Å²) < 4.78 is 0. The van der Waals surface area contributed by atoms with Gasteiger partial charge in [-0.05, 0) is 17.7 Å². The van der Waals surface area contributed by atoms with E-state index in [0.717, 1.165) is 16.5 Å². The van der Waals surface area contributed by atoms with Crippen molar-refractivity contribution in [3.8, 4) is 0 Å². The average molecular weight is 330 g/mol. The molecule has 23 heavy (non-hydrogen) atoms. The molecule has 2 N–H and O–H groups in total. The Balaban J connectivity index is 1.89. The van der Waals surface area contributed by atoms with Crippen LogP contribution in [0.1, 0.15) is 5.56 Å². The van der Waals surface area contributed by atoms with Gasteiger partial charge in [0.05, 0.1) is 15.6 Å². The van der Waals surface area contributed by atoms with Crippen LogP contribution in [0.2, 0.25) is 5.02 Å². The van der Waals surface area contributed by atoms with Crippen molar-refractivity contribution < 1.29 is 4.92 Å². The number of para-hydroxylation sites is 1. The predicted octanol–water partition coefficient (Wildman–Crippen LogP) is 3.70. The maximum absolute atomic E-state index is 11.7. The molecule has 7 heteroatoms. The zero-order chi connectivity index (χ0) is 16.4. The number of nitrogens with zero attached hydrogens (tertiary/aromatic N) is 1. The molecule has 0 aliphatic rings. The molecular formula is C16H12ClN3O3. The Morgan fingerprint density at radius 1 is 1.17 bits per heavy atom. The van der Waals surface area contributed by atoms with Gasteiger partial charge in [-0.1, -0.05) is 29.8 Å². The fourth-order valence-corrected chi connectivity index (χ4v) is 2.62. The van der Waals surface area contributed by atoms with Gasteiger partial charge in [-0.3, -0.25) is 14.9 Å². The van der Waals surface area contributed by atoms with Crippen molar-refractivity contribution in [1.29, 1.82) is 0 Å². The van der Waals surface area contributed by atoms with Crippen LogP contribution in [0.5, 0.6) is 0 Å². The number of H-pyrrole nitrogens is 1. The van der Waals surface area contributed by atoms with E-state index in [1.807, 2.05) is 24.3 Å². The molecule has 0 amide bonds. The van der Waals surface area contributed by atoms with Crippen molar-refractivity contribution in [1.82, 2.24) is 4.98 Å². The molecule has 1 heterocycles. The van der Waals surface area contributed by atoms with Crippen molar-refractivity contribution in [2.24, 2.45) is 0 Å². The number of nitro benzene ring substituents is 1. The van der Waals surface area contributed by atoms with Gasteiger partial charge >= 0.3 is 0 Å². The van der Waals surface area contributed by atoms with Gasteiger partial charge in [0.25, 0.3) is 5.69 Å². The Morgan fingerprint density at radius 3 is 2.70 bits per heavy atom. The first kappa shape index (κ1) is 15.1. The van der Waals surface area contributed by atoms with Gasteiger partial charge in [-0.15, -0.1) is 0 Å². The highest BCUT2D eigenvalue weighted by molar-refractivity contribution is 6.33. The topological polar surface area (TPSA) is 88.0 Å². The number of pyridine rings is 1. The van der Waals surface area contributed by atoms with Crippen LogP contribution in [-0.4, -0.2) is 9.91 Å². The normalized spacial score (nSPS) is 10.7. The monoisotopic (exact) mass is 329 g/mol. The standard InChI is InChI=1S/C16H12ClN3O3/c17-13-8-11(20(22)23)5-6-15(13)18-9-10-7-16(21)19-14-4-2-1-3-12(10)14/h1-8,18H,9H2,(H,19,21). The van der Waals surface area contributed by atoms with Crippen molar-refractivity contribution in [2.45, 2.75) is 6.54 Å². The van der Waals surface area contributed by atoms with E-state index in [2.05, 4.69) is 10.3 Å². The Morgan fingerprint density at radius 2 is 1.96 bits per heavy atom. The van der Waals surface area contributed by atoms with E-state index < -0.39 is 4.92 Å². The number of halogens is 1. The lowest BCUT2D eigenvalue weighted by Crippen LogP contribution is -2.09. The summed E-state index contributed by atoms with van der Waals surface area (Å²) in [5.74, 6) is 0. The van der Waals surface area contributed by atoms with Crippen LogP contribution >= 0.6 is 11.6 Å². The van der Waals surface area contributed by atoms with Crippen molar-refractivity contribution in [2.75, 3.05) is 5.32 Å². The SMILES string of the molecule is O=c1cc(CNc2ccc([N+](=O)[O-])cc2Cl)c2ccccc2[nH]1. The van der Waals surface area contributed by atoms with Crippen LogP contribution in [0.25, 0.3) is 10.9 Å². The molecule has 0 aliphatic carbocycles. The summed E-state index contributed by atoms with van der Waals surface area (Å²) in [6, 6.07) is 13.2. The highest BCUT2D eigenvalue weighted by atomic mass is 35.5. The van der Waals surface area contributed by atoms with E-state index in [0.29, 0.717) is 12.2 Å². The second-order valence-corrected chi connectivity index (χ2v) is 5.39. The van der Waals surface area contributed by atoms with Crippen LogP contribution in [0, 0.1) is 10.1 Å². The lowest BCUT2D eigenvalue weighted by Gasteiger charge is -2.10. The number of aromatic nitrogens is 1. The number of rotatable bonds is 4. The van der Waals surface area contributed by atoms with Gasteiger partial charge in [0.15, 0.2) is 0 Å². The number of nitrogens with one attached hydrogen (secondary N) is 2. The molecule has 0 saturated heterocycles. The summed E-state index contributed by atoms with van der Waals surface area (Å²) in [6.45, 7) is 0.377. The van der Waals surface area contributed by atoms with Crippen molar-refractivity contribution in [3.63, 3.8) is 0 Å². The minimum Gasteiger partial charge on any atom is -0.380 e. The maximum Gasteiger partial charge on any atom is 0.271 e. The van der Waals surface area contributed by atoms with E-state index in [9.17, 15) is 14.9 Å². The number of fused-ring (bicyclic) bond motifs is 1. The molecule has 0 unspecified atom stereocenters. The third kappa shape index (κ3) is 3.17. The van der Waals surface area contributed by atoms with E-state index >= 15 is 0 Å². The molecule has 0 aliphatic heterocycles. The molecule has 116 valence electrons. The Kier molecular flexibility index (Phi) is 3.99. The van der Waals surface area contributed by atoms with Gasteiger partial charge in [0.1, 0.15) is 0 Å². The largest absolute Gasteiger partial charge is 0.380 e. The molecule has 0 bridgehead atoms. The first-order valence-electron chi connectivity index (χ1n) is 6.83. The second kappa shape index (κ2) is 6.10. The molecule has 0 spiro atoms. The highest BCUT2D eigenvalue weighted by Gasteiger charge is 2.10. The lowest BCUT2D eigenvalue weighted by molar-refractivity contribution is -0.384. The summed E-state index contributed by atoms with van der Waals surface area (Å²) in [6.07, 6.45) is 0. The van der Waals surface area contributed by atoms with Crippen molar-refractivity contribution >= 4 is 33.9 Å². The molecule has 0 fully saturated rings. The van der Waals surface area contributed by atoms with Gasteiger partial charge in [0, 0.05) is 35.6 Å².